The molecule has 6 nitrogen and oxygen atoms in total. The molecule has 0 atom stereocenters. The maximum absolute atomic E-state index is 5.21. The number of hydrogen-bond acceptors (Lipinski definition) is 6. The summed E-state index contributed by atoms with van der Waals surface area (Å²) in [6.45, 7) is 3.80. The van der Waals surface area contributed by atoms with Crippen LogP contribution in [0.5, 0.6) is 11.8 Å². The van der Waals surface area contributed by atoms with Crippen molar-refractivity contribution in [2.75, 3.05) is 45.3 Å². The van der Waals surface area contributed by atoms with Crippen molar-refractivity contribution in [3.63, 3.8) is 0 Å². The highest BCUT2D eigenvalue weighted by molar-refractivity contribution is 5.56. The standard InChI is InChI=1S/C10H16N4O2/c1-15-9-7-8(10(16-2)13-12-9)14-5-3-11-4-6-14/h7,11H,3-6H2,1-2H3. The minimum Gasteiger partial charge on any atom is -0.480 e. The molecule has 0 bridgehead atoms. The van der Waals surface area contributed by atoms with Crippen LogP contribution in [0.4, 0.5) is 5.69 Å². The van der Waals surface area contributed by atoms with Gasteiger partial charge < -0.3 is 19.7 Å². The number of rotatable bonds is 3. The third kappa shape index (κ3) is 2.16. The molecule has 88 valence electrons. The molecule has 0 amide bonds. The lowest BCUT2D eigenvalue weighted by Crippen LogP contribution is -2.43. The van der Waals surface area contributed by atoms with Gasteiger partial charge in [0.2, 0.25) is 5.88 Å². The Hall–Kier alpha value is -1.56. The van der Waals surface area contributed by atoms with E-state index in [2.05, 4.69) is 20.4 Å². The Morgan fingerprint density at radius 2 is 1.94 bits per heavy atom. The van der Waals surface area contributed by atoms with Gasteiger partial charge in [-0.1, -0.05) is 0 Å². The van der Waals surface area contributed by atoms with E-state index in [9.17, 15) is 0 Å². The van der Waals surface area contributed by atoms with Gasteiger partial charge in [0.1, 0.15) is 5.69 Å². The Balaban J connectivity index is 2.27. The fourth-order valence-electron chi connectivity index (χ4n) is 1.73. The molecular formula is C10H16N4O2. The second kappa shape index (κ2) is 4.98. The molecule has 2 heterocycles. The van der Waals surface area contributed by atoms with Crippen LogP contribution in [0, 0.1) is 0 Å². The van der Waals surface area contributed by atoms with Crippen LogP contribution in [0.3, 0.4) is 0 Å². The minimum absolute atomic E-state index is 0.509. The predicted molar refractivity (Wildman–Crippen MR) is 60.2 cm³/mol. The number of methoxy groups -OCH3 is 2. The van der Waals surface area contributed by atoms with E-state index in [1.54, 1.807) is 14.2 Å². The molecule has 0 aliphatic carbocycles. The Morgan fingerprint density at radius 1 is 1.19 bits per heavy atom. The summed E-state index contributed by atoms with van der Waals surface area (Å²) in [5.41, 5.74) is 0.941. The molecule has 1 fully saturated rings. The maximum Gasteiger partial charge on any atom is 0.257 e. The van der Waals surface area contributed by atoms with Gasteiger partial charge in [-0.25, -0.2) is 0 Å². The second-order valence-corrected chi connectivity index (χ2v) is 3.52. The quantitative estimate of drug-likeness (QED) is 0.774. The van der Waals surface area contributed by atoms with Crippen molar-refractivity contribution < 1.29 is 9.47 Å². The summed E-state index contributed by atoms with van der Waals surface area (Å²) in [4.78, 5) is 2.21. The summed E-state index contributed by atoms with van der Waals surface area (Å²) in [7, 11) is 3.18. The highest BCUT2D eigenvalue weighted by atomic mass is 16.5. The van der Waals surface area contributed by atoms with Crippen LogP contribution in [0.15, 0.2) is 6.07 Å². The summed E-state index contributed by atoms with van der Waals surface area (Å²) in [6, 6.07) is 1.86. The van der Waals surface area contributed by atoms with Crippen LogP contribution < -0.4 is 19.7 Å². The first-order chi connectivity index (χ1) is 7.85. The van der Waals surface area contributed by atoms with Crippen LogP contribution in [-0.2, 0) is 0 Å². The van der Waals surface area contributed by atoms with Gasteiger partial charge in [0, 0.05) is 32.2 Å². The highest BCUT2D eigenvalue weighted by Gasteiger charge is 2.17. The molecule has 1 aromatic heterocycles. The zero-order valence-electron chi connectivity index (χ0n) is 9.56. The van der Waals surface area contributed by atoms with Crippen molar-refractivity contribution in [2.45, 2.75) is 0 Å². The third-order valence-corrected chi connectivity index (χ3v) is 2.58. The number of nitrogens with zero attached hydrogens (tertiary/aromatic N) is 3. The first-order valence-corrected chi connectivity index (χ1v) is 5.26. The van der Waals surface area contributed by atoms with Crippen molar-refractivity contribution in [1.82, 2.24) is 15.5 Å². The summed E-state index contributed by atoms with van der Waals surface area (Å²) in [6.07, 6.45) is 0. The molecule has 0 unspecified atom stereocenters. The van der Waals surface area contributed by atoms with Crippen molar-refractivity contribution in [2.24, 2.45) is 0 Å². The van der Waals surface area contributed by atoms with Crippen LogP contribution in [0.25, 0.3) is 0 Å². The molecule has 0 spiro atoms. The van der Waals surface area contributed by atoms with Crippen LogP contribution >= 0.6 is 0 Å². The molecule has 1 saturated heterocycles. The molecule has 1 aliphatic rings. The SMILES string of the molecule is COc1cc(N2CCNCC2)c(OC)nn1. The van der Waals surface area contributed by atoms with E-state index in [1.165, 1.54) is 0 Å². The average Bonchev–Trinajstić information content (AvgIpc) is 2.39. The van der Waals surface area contributed by atoms with Crippen molar-refractivity contribution in [3.8, 4) is 11.8 Å². The van der Waals surface area contributed by atoms with Gasteiger partial charge in [-0.05, 0) is 0 Å². The fourth-order valence-corrected chi connectivity index (χ4v) is 1.73. The summed E-state index contributed by atoms with van der Waals surface area (Å²) in [5, 5.41) is 11.2. The zero-order chi connectivity index (χ0) is 11.4. The normalized spacial score (nSPS) is 16.0. The molecule has 1 aromatic rings. The number of nitrogens with one attached hydrogen (secondary N) is 1. The van der Waals surface area contributed by atoms with Gasteiger partial charge in [0.05, 0.1) is 14.2 Å². The summed E-state index contributed by atoms with van der Waals surface area (Å²) < 4.78 is 10.3. The van der Waals surface area contributed by atoms with E-state index in [0.717, 1.165) is 31.9 Å². The number of anilines is 1. The molecule has 2 rings (SSSR count). The van der Waals surface area contributed by atoms with Crippen molar-refractivity contribution >= 4 is 5.69 Å². The Bertz CT molecular complexity index is 353. The fraction of sp³-hybridized carbons (Fsp3) is 0.600. The minimum atomic E-state index is 0.509. The monoisotopic (exact) mass is 224 g/mol. The number of piperazine rings is 1. The van der Waals surface area contributed by atoms with E-state index in [-0.39, 0.29) is 0 Å². The molecular weight excluding hydrogens is 208 g/mol. The largest absolute Gasteiger partial charge is 0.480 e. The molecule has 0 radical (unpaired) electrons. The van der Waals surface area contributed by atoms with Gasteiger partial charge in [-0.15, -0.1) is 10.2 Å². The lowest BCUT2D eigenvalue weighted by atomic mass is 10.3. The summed E-state index contributed by atoms with van der Waals surface area (Å²) >= 11 is 0. The van der Waals surface area contributed by atoms with E-state index in [0.29, 0.717) is 11.8 Å². The topological polar surface area (TPSA) is 59.5 Å². The molecule has 6 heteroatoms. The van der Waals surface area contributed by atoms with Crippen LogP contribution in [0.2, 0.25) is 0 Å². The van der Waals surface area contributed by atoms with Gasteiger partial charge in [-0.2, -0.15) is 0 Å². The lowest BCUT2D eigenvalue weighted by Gasteiger charge is -2.29. The molecule has 0 aromatic carbocycles. The Morgan fingerprint density at radius 3 is 2.56 bits per heavy atom. The maximum atomic E-state index is 5.21. The molecule has 1 aliphatic heterocycles. The lowest BCUT2D eigenvalue weighted by molar-refractivity contribution is 0.366. The van der Waals surface area contributed by atoms with E-state index < -0.39 is 0 Å². The smallest absolute Gasteiger partial charge is 0.257 e. The average molecular weight is 224 g/mol. The summed E-state index contributed by atoms with van der Waals surface area (Å²) in [5.74, 6) is 1.05. The number of hydrogen-bond donors (Lipinski definition) is 1. The first-order valence-electron chi connectivity index (χ1n) is 5.26. The molecule has 0 saturated carbocycles. The molecule has 16 heavy (non-hydrogen) atoms. The van der Waals surface area contributed by atoms with Gasteiger partial charge >= 0.3 is 0 Å². The predicted octanol–water partition coefficient (Wildman–Crippen LogP) is -0.0966. The van der Waals surface area contributed by atoms with E-state index in [4.69, 9.17) is 9.47 Å². The first kappa shape index (κ1) is 10.9. The Labute approximate surface area is 94.6 Å². The van der Waals surface area contributed by atoms with E-state index in [1.807, 2.05) is 6.07 Å². The van der Waals surface area contributed by atoms with Crippen LogP contribution in [-0.4, -0.2) is 50.6 Å². The van der Waals surface area contributed by atoms with Gasteiger partial charge in [0.15, 0.2) is 0 Å². The van der Waals surface area contributed by atoms with Crippen molar-refractivity contribution in [1.29, 1.82) is 0 Å². The molecule has 1 N–H and O–H groups in total. The Kier molecular flexibility index (Phi) is 3.40. The third-order valence-electron chi connectivity index (χ3n) is 2.58. The van der Waals surface area contributed by atoms with Crippen molar-refractivity contribution in [3.05, 3.63) is 6.07 Å². The second-order valence-electron chi connectivity index (χ2n) is 3.52. The van der Waals surface area contributed by atoms with Gasteiger partial charge in [0.25, 0.3) is 5.88 Å². The van der Waals surface area contributed by atoms with E-state index >= 15 is 0 Å². The zero-order valence-corrected chi connectivity index (χ0v) is 9.56. The van der Waals surface area contributed by atoms with Crippen LogP contribution in [0.1, 0.15) is 0 Å². The van der Waals surface area contributed by atoms with Gasteiger partial charge in [-0.3, -0.25) is 0 Å². The number of ether oxygens (including phenoxy) is 2. The number of aromatic nitrogens is 2. The highest BCUT2D eigenvalue weighted by Crippen LogP contribution is 2.28.